The Morgan fingerprint density at radius 2 is 1.73 bits per heavy atom. The van der Waals surface area contributed by atoms with Crippen LogP contribution in [-0.4, -0.2) is 24.5 Å². The van der Waals surface area contributed by atoms with Gasteiger partial charge in [-0.25, -0.2) is 4.79 Å². The second-order valence-corrected chi connectivity index (χ2v) is 7.11. The van der Waals surface area contributed by atoms with E-state index in [1.807, 2.05) is 42.5 Å². The summed E-state index contributed by atoms with van der Waals surface area (Å²) in [6.45, 7) is 2.29. The van der Waals surface area contributed by atoms with E-state index in [4.69, 9.17) is 4.74 Å². The quantitative estimate of drug-likeness (QED) is 0.794. The number of carbonyl (C=O) groups excluding carboxylic acids is 2. The fourth-order valence-corrected chi connectivity index (χ4v) is 3.93. The minimum Gasteiger partial charge on any atom is -0.449 e. The first-order chi connectivity index (χ1) is 12.6. The molecule has 4 heteroatoms. The number of benzene rings is 2. The molecule has 2 aromatic carbocycles. The van der Waals surface area contributed by atoms with Crippen molar-refractivity contribution in [1.29, 1.82) is 0 Å². The van der Waals surface area contributed by atoms with E-state index in [9.17, 15) is 9.59 Å². The zero-order valence-corrected chi connectivity index (χ0v) is 15.0. The maximum Gasteiger partial charge on any atom is 0.338 e. The van der Waals surface area contributed by atoms with Crippen molar-refractivity contribution in [2.45, 2.75) is 45.1 Å². The average molecular weight is 349 g/mol. The number of carbonyl (C=O) groups is 2. The second kappa shape index (κ2) is 6.94. The summed E-state index contributed by atoms with van der Waals surface area (Å²) in [6.07, 6.45) is 4.50. The third-order valence-corrected chi connectivity index (χ3v) is 5.37. The van der Waals surface area contributed by atoms with E-state index in [1.165, 1.54) is 17.5 Å². The summed E-state index contributed by atoms with van der Waals surface area (Å²) < 4.78 is 5.49. The van der Waals surface area contributed by atoms with Crippen LogP contribution >= 0.6 is 0 Å². The molecule has 1 aliphatic heterocycles. The van der Waals surface area contributed by atoms with E-state index in [2.05, 4.69) is 0 Å². The van der Waals surface area contributed by atoms with Crippen LogP contribution in [0.25, 0.3) is 0 Å². The zero-order chi connectivity index (χ0) is 18.1. The topological polar surface area (TPSA) is 46.6 Å². The Bertz CT molecular complexity index is 858. The van der Waals surface area contributed by atoms with Crippen molar-refractivity contribution in [3.8, 4) is 0 Å². The molecule has 134 valence electrons. The van der Waals surface area contributed by atoms with Crippen molar-refractivity contribution in [2.75, 3.05) is 11.4 Å². The monoisotopic (exact) mass is 349 g/mol. The van der Waals surface area contributed by atoms with Crippen LogP contribution in [0.3, 0.4) is 0 Å². The van der Waals surface area contributed by atoms with Crippen LogP contribution in [0.2, 0.25) is 0 Å². The average Bonchev–Trinajstić information content (AvgIpc) is 3.11. The molecule has 0 saturated heterocycles. The molecule has 0 unspecified atom stereocenters. The molecule has 1 aliphatic carbocycles. The summed E-state index contributed by atoms with van der Waals surface area (Å²) in [6, 6.07) is 13.6. The van der Waals surface area contributed by atoms with Crippen molar-refractivity contribution in [3.05, 3.63) is 64.7 Å². The standard InChI is InChI=1S/C22H23NO3/c1-15(21(24)23-13-12-17-7-4-5-9-20(17)23)26-22(25)19-11-10-16-6-2-3-8-18(16)14-19/h4-5,7,9-11,14-15H,2-3,6,8,12-13H2,1H3/t15-/m1/s1. The highest BCUT2D eigenvalue weighted by molar-refractivity contribution is 6.00. The smallest absolute Gasteiger partial charge is 0.338 e. The zero-order valence-electron chi connectivity index (χ0n) is 15.0. The number of fused-ring (bicyclic) bond motifs is 2. The van der Waals surface area contributed by atoms with Gasteiger partial charge in [0.1, 0.15) is 0 Å². The van der Waals surface area contributed by atoms with Gasteiger partial charge < -0.3 is 9.64 Å². The van der Waals surface area contributed by atoms with Crippen LogP contribution in [0.1, 0.15) is 46.8 Å². The van der Waals surface area contributed by atoms with Gasteiger partial charge in [-0.15, -0.1) is 0 Å². The molecule has 0 saturated carbocycles. The molecule has 4 rings (SSSR count). The number of rotatable bonds is 3. The number of ether oxygens (including phenoxy) is 1. The van der Waals surface area contributed by atoms with Crippen LogP contribution < -0.4 is 4.90 Å². The fourth-order valence-electron chi connectivity index (χ4n) is 3.93. The van der Waals surface area contributed by atoms with Gasteiger partial charge in [-0.2, -0.15) is 0 Å². The maximum absolute atomic E-state index is 12.8. The highest BCUT2D eigenvalue weighted by Gasteiger charge is 2.30. The molecule has 0 bridgehead atoms. The van der Waals surface area contributed by atoms with E-state index in [0.717, 1.165) is 36.9 Å². The summed E-state index contributed by atoms with van der Waals surface area (Å²) >= 11 is 0. The number of anilines is 1. The molecule has 0 radical (unpaired) electrons. The summed E-state index contributed by atoms with van der Waals surface area (Å²) in [5.74, 6) is -0.590. The van der Waals surface area contributed by atoms with Gasteiger partial charge in [0.2, 0.25) is 0 Å². The maximum atomic E-state index is 12.8. The van der Waals surface area contributed by atoms with Gasteiger partial charge in [0.15, 0.2) is 6.10 Å². The van der Waals surface area contributed by atoms with E-state index in [0.29, 0.717) is 12.1 Å². The number of hydrogen-bond donors (Lipinski definition) is 0. The Balaban J connectivity index is 1.45. The largest absolute Gasteiger partial charge is 0.449 e. The molecular weight excluding hydrogens is 326 g/mol. The minimum atomic E-state index is -0.801. The number of amides is 1. The van der Waals surface area contributed by atoms with Crippen molar-refractivity contribution in [2.24, 2.45) is 0 Å². The first-order valence-electron chi connectivity index (χ1n) is 9.35. The van der Waals surface area contributed by atoms with Crippen LogP contribution in [0.15, 0.2) is 42.5 Å². The first-order valence-corrected chi connectivity index (χ1v) is 9.35. The summed E-state index contributed by atoms with van der Waals surface area (Å²) in [7, 11) is 0. The number of hydrogen-bond acceptors (Lipinski definition) is 3. The third-order valence-electron chi connectivity index (χ3n) is 5.37. The molecule has 2 aliphatic rings. The molecule has 26 heavy (non-hydrogen) atoms. The summed E-state index contributed by atoms with van der Waals surface area (Å²) in [5, 5.41) is 0. The third kappa shape index (κ3) is 3.12. The van der Waals surface area contributed by atoms with Crippen LogP contribution in [0, 0.1) is 0 Å². The Morgan fingerprint density at radius 1 is 0.962 bits per heavy atom. The van der Waals surface area contributed by atoms with Crippen molar-refractivity contribution in [1.82, 2.24) is 0 Å². The van der Waals surface area contributed by atoms with Crippen LogP contribution in [0.5, 0.6) is 0 Å². The second-order valence-electron chi connectivity index (χ2n) is 7.11. The number of aryl methyl sites for hydroxylation is 2. The predicted molar refractivity (Wildman–Crippen MR) is 100 cm³/mol. The lowest BCUT2D eigenvalue weighted by atomic mass is 9.90. The van der Waals surface area contributed by atoms with Crippen LogP contribution in [-0.2, 0) is 28.8 Å². The molecule has 0 aromatic heterocycles. The molecule has 0 N–H and O–H groups in total. The molecule has 2 aromatic rings. The van der Waals surface area contributed by atoms with E-state index >= 15 is 0 Å². The molecule has 1 atom stereocenters. The Kier molecular flexibility index (Phi) is 4.49. The van der Waals surface area contributed by atoms with Crippen molar-refractivity contribution >= 4 is 17.6 Å². The SMILES string of the molecule is C[C@@H](OC(=O)c1ccc2c(c1)CCCC2)C(=O)N1CCc2ccccc21. The fraction of sp³-hybridized carbons (Fsp3) is 0.364. The van der Waals surface area contributed by atoms with E-state index in [-0.39, 0.29) is 5.91 Å². The Labute approximate surface area is 153 Å². The molecular formula is C22H23NO3. The molecule has 0 fully saturated rings. The van der Waals surface area contributed by atoms with E-state index < -0.39 is 12.1 Å². The van der Waals surface area contributed by atoms with Gasteiger partial charge in [-0.1, -0.05) is 24.3 Å². The van der Waals surface area contributed by atoms with Crippen molar-refractivity contribution < 1.29 is 14.3 Å². The van der Waals surface area contributed by atoms with Gasteiger partial charge in [-0.05, 0) is 73.9 Å². The number of esters is 1. The van der Waals surface area contributed by atoms with Gasteiger partial charge in [0.25, 0.3) is 5.91 Å². The summed E-state index contributed by atoms with van der Waals surface area (Å²) in [5.41, 5.74) is 5.18. The normalized spacial score (nSPS) is 16.6. The Hall–Kier alpha value is -2.62. The number of para-hydroxylation sites is 1. The molecule has 0 spiro atoms. The highest BCUT2D eigenvalue weighted by atomic mass is 16.5. The van der Waals surface area contributed by atoms with Gasteiger partial charge in [0.05, 0.1) is 5.56 Å². The number of nitrogens with zero attached hydrogens (tertiary/aromatic N) is 1. The lowest BCUT2D eigenvalue weighted by Gasteiger charge is -2.22. The minimum absolute atomic E-state index is 0.165. The molecule has 1 amide bonds. The Morgan fingerprint density at radius 3 is 2.58 bits per heavy atom. The summed E-state index contributed by atoms with van der Waals surface area (Å²) in [4.78, 5) is 27.0. The van der Waals surface area contributed by atoms with Gasteiger partial charge >= 0.3 is 5.97 Å². The van der Waals surface area contributed by atoms with Gasteiger partial charge in [-0.3, -0.25) is 4.79 Å². The highest BCUT2D eigenvalue weighted by Crippen LogP contribution is 2.28. The van der Waals surface area contributed by atoms with Crippen LogP contribution in [0.4, 0.5) is 5.69 Å². The lowest BCUT2D eigenvalue weighted by molar-refractivity contribution is -0.126. The predicted octanol–water partition coefficient (Wildman–Crippen LogP) is 3.70. The van der Waals surface area contributed by atoms with Crippen molar-refractivity contribution in [3.63, 3.8) is 0 Å². The molecule has 4 nitrogen and oxygen atoms in total. The van der Waals surface area contributed by atoms with Gasteiger partial charge in [0, 0.05) is 12.2 Å². The molecule has 1 heterocycles. The lowest BCUT2D eigenvalue weighted by Crippen LogP contribution is -2.39. The van der Waals surface area contributed by atoms with E-state index in [1.54, 1.807) is 11.8 Å². The first kappa shape index (κ1) is 16.8.